The Bertz CT molecular complexity index is 537. The van der Waals surface area contributed by atoms with Crippen molar-refractivity contribution in [3.63, 3.8) is 0 Å². The SMILES string of the molecule is C=C[C@@]1(CO)[C@H]2C=C[C@@]34C(=C2)COC[C@@H]3CCO[C@@]14OC. The molecule has 3 aliphatic carbocycles. The van der Waals surface area contributed by atoms with Crippen molar-refractivity contribution in [3.05, 3.63) is 36.5 Å². The first-order chi connectivity index (χ1) is 10.2. The van der Waals surface area contributed by atoms with E-state index in [1.54, 1.807) is 7.11 Å². The summed E-state index contributed by atoms with van der Waals surface area (Å²) in [5.41, 5.74) is 0.249. The van der Waals surface area contributed by atoms with E-state index < -0.39 is 11.2 Å². The Balaban J connectivity index is 2.03. The summed E-state index contributed by atoms with van der Waals surface area (Å²) in [4.78, 5) is 0. The van der Waals surface area contributed by atoms with Gasteiger partial charge in [-0.1, -0.05) is 24.3 Å². The molecule has 2 bridgehead atoms. The Hall–Kier alpha value is -0.940. The minimum absolute atomic E-state index is 0.0253. The third kappa shape index (κ3) is 1.23. The molecule has 21 heavy (non-hydrogen) atoms. The van der Waals surface area contributed by atoms with E-state index >= 15 is 0 Å². The van der Waals surface area contributed by atoms with E-state index in [-0.39, 0.29) is 17.9 Å². The van der Waals surface area contributed by atoms with Crippen LogP contribution in [0.3, 0.4) is 0 Å². The number of aliphatic hydroxyl groups is 1. The summed E-state index contributed by atoms with van der Waals surface area (Å²) in [5, 5.41) is 10.2. The average Bonchev–Trinajstić information content (AvgIpc) is 2.55. The molecule has 0 saturated carbocycles. The Morgan fingerprint density at radius 1 is 1.57 bits per heavy atom. The van der Waals surface area contributed by atoms with Gasteiger partial charge in [-0.25, -0.2) is 0 Å². The van der Waals surface area contributed by atoms with Crippen molar-refractivity contribution < 1.29 is 19.3 Å². The predicted octanol–water partition coefficient (Wildman–Crippen LogP) is 1.67. The highest BCUT2D eigenvalue weighted by Gasteiger charge is 2.74. The highest BCUT2D eigenvalue weighted by Crippen LogP contribution is 2.68. The van der Waals surface area contributed by atoms with Crippen LogP contribution in [-0.2, 0) is 14.2 Å². The van der Waals surface area contributed by atoms with E-state index in [2.05, 4.69) is 24.8 Å². The molecule has 2 saturated heterocycles. The van der Waals surface area contributed by atoms with Crippen molar-refractivity contribution in [3.8, 4) is 0 Å². The molecule has 4 heteroatoms. The second-order valence-corrected chi connectivity index (χ2v) is 6.52. The summed E-state index contributed by atoms with van der Waals surface area (Å²) in [5.74, 6) is -0.543. The van der Waals surface area contributed by atoms with Crippen LogP contribution in [0.15, 0.2) is 36.5 Å². The minimum atomic E-state index is -0.882. The average molecular weight is 290 g/mol. The lowest BCUT2D eigenvalue weighted by atomic mass is 9.45. The van der Waals surface area contributed by atoms with Gasteiger partial charge in [0.2, 0.25) is 0 Å². The molecular formula is C17H22O4. The maximum atomic E-state index is 10.2. The fourth-order valence-electron chi connectivity index (χ4n) is 5.17. The highest BCUT2D eigenvalue weighted by molar-refractivity contribution is 5.46. The summed E-state index contributed by atoms with van der Waals surface area (Å²) >= 11 is 0. The molecule has 114 valence electrons. The topological polar surface area (TPSA) is 47.9 Å². The van der Waals surface area contributed by atoms with Gasteiger partial charge in [0.05, 0.1) is 37.3 Å². The van der Waals surface area contributed by atoms with Gasteiger partial charge < -0.3 is 19.3 Å². The summed E-state index contributed by atoms with van der Waals surface area (Å²) in [6, 6.07) is 0. The number of allylic oxidation sites excluding steroid dienone is 2. The number of rotatable bonds is 3. The molecule has 0 radical (unpaired) electrons. The maximum Gasteiger partial charge on any atom is 0.193 e. The second-order valence-electron chi connectivity index (χ2n) is 6.52. The molecule has 5 aliphatic rings. The highest BCUT2D eigenvalue weighted by atomic mass is 16.7. The first kappa shape index (κ1) is 13.7. The molecule has 1 spiro atoms. The van der Waals surface area contributed by atoms with Crippen LogP contribution in [-0.4, -0.2) is 44.4 Å². The molecule has 2 fully saturated rings. The molecule has 4 nitrogen and oxygen atoms in total. The lowest BCUT2D eigenvalue weighted by molar-refractivity contribution is -0.371. The van der Waals surface area contributed by atoms with E-state index in [0.717, 1.165) is 6.42 Å². The zero-order chi connectivity index (χ0) is 14.7. The summed E-state index contributed by atoms with van der Waals surface area (Å²) in [6.07, 6.45) is 9.44. The van der Waals surface area contributed by atoms with Crippen LogP contribution in [0, 0.1) is 22.7 Å². The van der Waals surface area contributed by atoms with Crippen molar-refractivity contribution in [2.24, 2.45) is 22.7 Å². The van der Waals surface area contributed by atoms with Crippen LogP contribution >= 0.6 is 0 Å². The fourth-order valence-corrected chi connectivity index (χ4v) is 5.17. The normalized spacial score (nSPS) is 50.5. The molecule has 5 rings (SSSR count). The van der Waals surface area contributed by atoms with Crippen molar-refractivity contribution in [2.75, 3.05) is 33.5 Å². The predicted molar refractivity (Wildman–Crippen MR) is 77.5 cm³/mol. The van der Waals surface area contributed by atoms with Gasteiger partial charge in [-0.2, -0.15) is 0 Å². The Morgan fingerprint density at radius 3 is 3.14 bits per heavy atom. The Labute approximate surface area is 125 Å². The van der Waals surface area contributed by atoms with Crippen LogP contribution in [0.25, 0.3) is 0 Å². The van der Waals surface area contributed by atoms with Gasteiger partial charge >= 0.3 is 0 Å². The minimum Gasteiger partial charge on any atom is -0.395 e. The molecule has 0 aromatic carbocycles. The van der Waals surface area contributed by atoms with E-state index in [1.165, 1.54) is 5.57 Å². The van der Waals surface area contributed by atoms with Crippen LogP contribution < -0.4 is 0 Å². The molecule has 5 atom stereocenters. The molecule has 2 aliphatic heterocycles. The number of methoxy groups -OCH3 is 1. The van der Waals surface area contributed by atoms with Gasteiger partial charge in [0, 0.05) is 18.9 Å². The molecule has 0 amide bonds. The van der Waals surface area contributed by atoms with Crippen LogP contribution in [0.5, 0.6) is 0 Å². The molecule has 1 N–H and O–H groups in total. The van der Waals surface area contributed by atoms with Crippen molar-refractivity contribution in [1.82, 2.24) is 0 Å². The monoisotopic (exact) mass is 290 g/mol. The Kier molecular flexibility index (Phi) is 2.80. The van der Waals surface area contributed by atoms with Gasteiger partial charge in [-0.05, 0) is 12.0 Å². The standard InChI is InChI=1S/C17H22O4/c1-3-15(11-18)12-4-6-16-13(9-20-10-14(16)8-12)5-7-21-17(15,16)19-2/h3-4,6,8,12-13,18H,1,5,7,9-11H2,2H3/t12-,13-,15+,16-,17-/m0/s1. The summed E-state index contributed by atoms with van der Waals surface area (Å²) < 4.78 is 18.1. The number of aliphatic hydroxyl groups excluding tert-OH is 1. The molecule has 2 heterocycles. The second kappa shape index (κ2) is 4.29. The lowest BCUT2D eigenvalue weighted by Gasteiger charge is -2.68. The smallest absolute Gasteiger partial charge is 0.193 e. The van der Waals surface area contributed by atoms with E-state index in [1.807, 2.05) is 6.08 Å². The fraction of sp³-hybridized carbons (Fsp3) is 0.647. The van der Waals surface area contributed by atoms with Gasteiger partial charge in [0.1, 0.15) is 0 Å². The van der Waals surface area contributed by atoms with E-state index in [9.17, 15) is 5.11 Å². The van der Waals surface area contributed by atoms with Gasteiger partial charge in [-0.3, -0.25) is 0 Å². The van der Waals surface area contributed by atoms with Gasteiger partial charge in [0.25, 0.3) is 0 Å². The van der Waals surface area contributed by atoms with Crippen LogP contribution in [0.4, 0.5) is 0 Å². The molecule has 0 aromatic heterocycles. The summed E-state index contributed by atoms with van der Waals surface area (Å²) in [6.45, 7) is 5.90. The van der Waals surface area contributed by atoms with Crippen molar-refractivity contribution in [1.29, 1.82) is 0 Å². The third-order valence-electron chi connectivity index (χ3n) is 6.14. The third-order valence-corrected chi connectivity index (χ3v) is 6.14. The Morgan fingerprint density at radius 2 is 2.43 bits per heavy atom. The zero-order valence-electron chi connectivity index (χ0n) is 12.4. The summed E-state index contributed by atoms with van der Waals surface area (Å²) in [7, 11) is 1.69. The first-order valence-corrected chi connectivity index (χ1v) is 7.62. The lowest BCUT2D eigenvalue weighted by Crippen LogP contribution is -2.74. The zero-order valence-corrected chi connectivity index (χ0v) is 12.4. The van der Waals surface area contributed by atoms with Crippen molar-refractivity contribution >= 4 is 0 Å². The largest absolute Gasteiger partial charge is 0.395 e. The quantitative estimate of drug-likeness (QED) is 0.803. The number of hydrogen-bond acceptors (Lipinski definition) is 4. The van der Waals surface area contributed by atoms with Crippen molar-refractivity contribution in [2.45, 2.75) is 12.2 Å². The van der Waals surface area contributed by atoms with Gasteiger partial charge in [-0.15, -0.1) is 6.58 Å². The number of hydrogen-bond donors (Lipinski definition) is 1. The van der Waals surface area contributed by atoms with E-state index in [0.29, 0.717) is 25.7 Å². The van der Waals surface area contributed by atoms with Crippen LogP contribution in [0.2, 0.25) is 0 Å². The maximum absolute atomic E-state index is 10.2. The van der Waals surface area contributed by atoms with Gasteiger partial charge in [0.15, 0.2) is 5.79 Å². The van der Waals surface area contributed by atoms with Crippen LogP contribution in [0.1, 0.15) is 6.42 Å². The number of ether oxygens (including phenoxy) is 3. The molecular weight excluding hydrogens is 268 g/mol. The molecule has 0 aromatic rings. The first-order valence-electron chi connectivity index (χ1n) is 7.62. The van der Waals surface area contributed by atoms with E-state index in [4.69, 9.17) is 14.2 Å². The molecule has 0 unspecified atom stereocenters.